The highest BCUT2D eigenvalue weighted by molar-refractivity contribution is 5.50. The number of benzene rings is 1. The number of halogens is 2. The van der Waals surface area contributed by atoms with Crippen LogP contribution in [0.4, 0.5) is 14.5 Å². The molecule has 0 saturated heterocycles. The monoisotopic (exact) mass is 299 g/mol. The Kier molecular flexibility index (Phi) is 7.05. The van der Waals surface area contributed by atoms with E-state index in [0.717, 1.165) is 19.4 Å². The number of nitrogens with zero attached hydrogens (tertiary/aromatic N) is 2. The van der Waals surface area contributed by atoms with Gasteiger partial charge in [-0.2, -0.15) is 0 Å². The zero-order valence-electron chi connectivity index (χ0n) is 13.5. The maximum absolute atomic E-state index is 14.2. The van der Waals surface area contributed by atoms with Gasteiger partial charge in [0.2, 0.25) is 0 Å². The average Bonchev–Trinajstić information content (AvgIpc) is 2.37. The Hall–Kier alpha value is -1.20. The van der Waals surface area contributed by atoms with E-state index in [2.05, 4.69) is 4.90 Å². The largest absolute Gasteiger partial charge is 0.370 e. The maximum atomic E-state index is 14.2. The zero-order chi connectivity index (χ0) is 16.0. The average molecular weight is 299 g/mol. The molecule has 1 atom stereocenters. The van der Waals surface area contributed by atoms with E-state index >= 15 is 0 Å². The van der Waals surface area contributed by atoms with Gasteiger partial charge in [0.05, 0.1) is 0 Å². The highest BCUT2D eigenvalue weighted by Crippen LogP contribution is 2.25. The van der Waals surface area contributed by atoms with Gasteiger partial charge in [-0.25, -0.2) is 8.78 Å². The van der Waals surface area contributed by atoms with E-state index < -0.39 is 11.6 Å². The van der Waals surface area contributed by atoms with Crippen LogP contribution >= 0.6 is 0 Å². The highest BCUT2D eigenvalue weighted by Gasteiger charge is 2.16. The molecule has 0 aliphatic heterocycles. The molecule has 0 heterocycles. The summed E-state index contributed by atoms with van der Waals surface area (Å²) in [5, 5.41) is 0. The smallest absolute Gasteiger partial charge is 0.149 e. The molecule has 3 nitrogen and oxygen atoms in total. The molecule has 21 heavy (non-hydrogen) atoms. The predicted octanol–water partition coefficient (Wildman–Crippen LogP) is 2.63. The zero-order valence-corrected chi connectivity index (χ0v) is 13.5. The topological polar surface area (TPSA) is 32.5 Å². The van der Waals surface area contributed by atoms with Gasteiger partial charge in [0.15, 0.2) is 0 Å². The van der Waals surface area contributed by atoms with Crippen molar-refractivity contribution in [2.75, 3.05) is 39.1 Å². The number of anilines is 1. The van der Waals surface area contributed by atoms with Gasteiger partial charge >= 0.3 is 0 Å². The van der Waals surface area contributed by atoms with Crippen LogP contribution in [0.2, 0.25) is 0 Å². The van der Waals surface area contributed by atoms with Crippen LogP contribution in [0.5, 0.6) is 0 Å². The summed E-state index contributed by atoms with van der Waals surface area (Å²) >= 11 is 0. The fourth-order valence-electron chi connectivity index (χ4n) is 2.28. The Balaban J connectivity index is 2.79. The van der Waals surface area contributed by atoms with Gasteiger partial charge < -0.3 is 15.5 Å². The molecule has 0 radical (unpaired) electrons. The molecule has 5 heteroatoms. The van der Waals surface area contributed by atoms with E-state index in [4.69, 9.17) is 5.73 Å². The van der Waals surface area contributed by atoms with E-state index in [9.17, 15) is 8.78 Å². The summed E-state index contributed by atoms with van der Waals surface area (Å²) in [7, 11) is 5.68. The Bertz CT molecular complexity index is 426. The number of rotatable bonds is 8. The third-order valence-corrected chi connectivity index (χ3v) is 3.58. The van der Waals surface area contributed by atoms with Crippen molar-refractivity contribution in [3.8, 4) is 0 Å². The van der Waals surface area contributed by atoms with Crippen LogP contribution in [-0.2, 0) is 6.42 Å². The summed E-state index contributed by atoms with van der Waals surface area (Å²) in [5.74, 6) is -1.03. The molecule has 2 N–H and O–H groups in total. The van der Waals surface area contributed by atoms with Crippen molar-refractivity contribution >= 4 is 5.69 Å². The van der Waals surface area contributed by atoms with E-state index in [-0.39, 0.29) is 11.7 Å². The molecule has 0 aliphatic rings. The molecule has 0 bridgehead atoms. The second-order valence-electron chi connectivity index (χ2n) is 5.86. The molecule has 0 fully saturated rings. The molecule has 0 spiro atoms. The normalized spacial score (nSPS) is 12.8. The lowest BCUT2D eigenvalue weighted by Crippen LogP contribution is -2.25. The minimum absolute atomic E-state index is 0.0441. The predicted molar refractivity (Wildman–Crippen MR) is 84.8 cm³/mol. The number of hydrogen-bond acceptors (Lipinski definition) is 3. The highest BCUT2D eigenvalue weighted by atomic mass is 19.1. The third kappa shape index (κ3) is 5.59. The van der Waals surface area contributed by atoms with E-state index in [1.54, 1.807) is 11.9 Å². The molecule has 0 saturated carbocycles. The lowest BCUT2D eigenvalue weighted by Gasteiger charge is -2.22. The van der Waals surface area contributed by atoms with Crippen LogP contribution in [-0.4, -0.2) is 45.2 Å². The second kappa shape index (κ2) is 8.29. The SMILES string of the molecule is CCC(N)Cc1cc(F)c(N(C)CCCN(C)C)c(F)c1. The quantitative estimate of drug-likeness (QED) is 0.801. The molecule has 0 aromatic heterocycles. The maximum Gasteiger partial charge on any atom is 0.149 e. The van der Waals surface area contributed by atoms with Gasteiger partial charge in [0.25, 0.3) is 0 Å². The van der Waals surface area contributed by atoms with Crippen molar-refractivity contribution in [2.45, 2.75) is 32.2 Å². The van der Waals surface area contributed by atoms with E-state index in [0.29, 0.717) is 18.5 Å². The summed E-state index contributed by atoms with van der Waals surface area (Å²) in [5.41, 5.74) is 6.50. The van der Waals surface area contributed by atoms with E-state index in [1.165, 1.54) is 12.1 Å². The van der Waals surface area contributed by atoms with Crippen molar-refractivity contribution in [3.05, 3.63) is 29.3 Å². The van der Waals surface area contributed by atoms with Crippen LogP contribution in [0.3, 0.4) is 0 Å². The fourth-order valence-corrected chi connectivity index (χ4v) is 2.28. The summed E-state index contributed by atoms with van der Waals surface area (Å²) in [6.07, 6.45) is 2.13. The van der Waals surface area contributed by atoms with Crippen LogP contribution < -0.4 is 10.6 Å². The first-order valence-corrected chi connectivity index (χ1v) is 7.44. The molecule has 1 aromatic carbocycles. The molecular formula is C16H27F2N3. The van der Waals surface area contributed by atoms with Crippen LogP contribution in [0.1, 0.15) is 25.3 Å². The van der Waals surface area contributed by atoms with Crippen LogP contribution in [0.25, 0.3) is 0 Å². The molecule has 0 aliphatic carbocycles. The second-order valence-corrected chi connectivity index (χ2v) is 5.86. The minimum atomic E-state index is -0.513. The lowest BCUT2D eigenvalue weighted by molar-refractivity contribution is 0.401. The summed E-state index contributed by atoms with van der Waals surface area (Å²) in [6.45, 7) is 3.46. The first-order chi connectivity index (χ1) is 9.85. The van der Waals surface area contributed by atoms with Crippen molar-refractivity contribution in [1.29, 1.82) is 0 Å². The first kappa shape index (κ1) is 17.9. The number of hydrogen-bond donors (Lipinski definition) is 1. The van der Waals surface area contributed by atoms with Crippen LogP contribution in [0, 0.1) is 11.6 Å². The fraction of sp³-hybridized carbons (Fsp3) is 0.625. The van der Waals surface area contributed by atoms with Gasteiger partial charge in [-0.3, -0.25) is 0 Å². The standard InChI is InChI=1S/C16H27F2N3/c1-5-13(19)9-12-10-14(17)16(15(18)11-12)21(4)8-6-7-20(2)3/h10-11,13H,5-9,19H2,1-4H3. The van der Waals surface area contributed by atoms with E-state index in [1.807, 2.05) is 21.0 Å². The van der Waals surface area contributed by atoms with Crippen LogP contribution in [0.15, 0.2) is 12.1 Å². The number of nitrogens with two attached hydrogens (primary N) is 1. The summed E-state index contributed by atoms with van der Waals surface area (Å²) < 4.78 is 28.3. The molecular weight excluding hydrogens is 272 g/mol. The molecule has 1 rings (SSSR count). The van der Waals surface area contributed by atoms with Gasteiger partial charge in [-0.15, -0.1) is 0 Å². The Morgan fingerprint density at radius 1 is 1.10 bits per heavy atom. The summed E-state index contributed by atoms with van der Waals surface area (Å²) in [6, 6.07) is 2.74. The Morgan fingerprint density at radius 3 is 2.14 bits per heavy atom. The molecule has 0 amide bonds. The first-order valence-electron chi connectivity index (χ1n) is 7.44. The molecule has 120 valence electrons. The summed E-state index contributed by atoms with van der Waals surface area (Å²) in [4.78, 5) is 3.69. The Morgan fingerprint density at radius 2 is 1.67 bits per heavy atom. The van der Waals surface area contributed by atoms with Gasteiger partial charge in [0, 0.05) is 19.6 Å². The van der Waals surface area contributed by atoms with Crippen molar-refractivity contribution in [2.24, 2.45) is 5.73 Å². The minimum Gasteiger partial charge on any atom is -0.370 e. The molecule has 1 unspecified atom stereocenters. The van der Waals surface area contributed by atoms with Gasteiger partial charge in [0.1, 0.15) is 17.3 Å². The van der Waals surface area contributed by atoms with Gasteiger partial charge in [-0.05, 0) is 57.6 Å². The van der Waals surface area contributed by atoms with Crippen molar-refractivity contribution < 1.29 is 8.78 Å². The van der Waals surface area contributed by atoms with Crippen molar-refractivity contribution in [3.63, 3.8) is 0 Å². The van der Waals surface area contributed by atoms with Crippen molar-refractivity contribution in [1.82, 2.24) is 4.90 Å². The molecule has 1 aromatic rings. The van der Waals surface area contributed by atoms with Gasteiger partial charge in [-0.1, -0.05) is 6.92 Å². The third-order valence-electron chi connectivity index (χ3n) is 3.58. The Labute approximate surface area is 126 Å². The lowest BCUT2D eigenvalue weighted by atomic mass is 10.0.